The highest BCUT2D eigenvalue weighted by atomic mass is 32.2. The molecule has 0 spiro atoms. The molecule has 1 aromatic rings. The predicted molar refractivity (Wildman–Crippen MR) is 145 cm³/mol. The number of ether oxygens (including phenoxy) is 1. The fraction of sp³-hybridized carbons (Fsp3) is 0.667. The third kappa shape index (κ3) is 5.37. The molecule has 1 aromatic carbocycles. The number of nitrogens with zero attached hydrogens (tertiary/aromatic N) is 4. The molecule has 218 valence electrons. The second-order valence-corrected chi connectivity index (χ2v) is 13.7. The summed E-state index contributed by atoms with van der Waals surface area (Å²) in [5.74, 6) is 0.185. The van der Waals surface area contributed by atoms with E-state index in [2.05, 4.69) is 10.2 Å². The monoisotopic (exact) mass is 574 g/mol. The zero-order valence-corrected chi connectivity index (χ0v) is 23.5. The number of likely N-dealkylation sites (tertiary alicyclic amines) is 1. The van der Waals surface area contributed by atoms with Gasteiger partial charge >= 0.3 is 0 Å². The molecule has 40 heavy (non-hydrogen) atoms. The van der Waals surface area contributed by atoms with Crippen molar-refractivity contribution in [3.63, 3.8) is 0 Å². The molecule has 0 aliphatic carbocycles. The minimum absolute atomic E-state index is 0.0113. The molecule has 1 unspecified atom stereocenters. The molecule has 4 saturated heterocycles. The first-order valence-electron chi connectivity index (χ1n) is 14.4. The van der Waals surface area contributed by atoms with E-state index in [0.29, 0.717) is 69.2 Å². The summed E-state index contributed by atoms with van der Waals surface area (Å²) in [6.45, 7) is 4.88. The fourth-order valence-electron chi connectivity index (χ4n) is 6.55. The first-order chi connectivity index (χ1) is 19.2. The number of carbonyl (C=O) groups is 3. The van der Waals surface area contributed by atoms with Crippen LogP contribution < -0.4 is 15.8 Å². The highest BCUT2D eigenvalue weighted by Crippen LogP contribution is 2.35. The Balaban J connectivity index is 0.975. The molecule has 0 radical (unpaired) electrons. The van der Waals surface area contributed by atoms with Gasteiger partial charge in [-0.15, -0.1) is 0 Å². The van der Waals surface area contributed by atoms with E-state index >= 15 is 0 Å². The van der Waals surface area contributed by atoms with E-state index in [9.17, 15) is 22.8 Å². The summed E-state index contributed by atoms with van der Waals surface area (Å²) in [4.78, 5) is 40.8. The van der Waals surface area contributed by atoms with Crippen LogP contribution in [0, 0.1) is 5.92 Å². The van der Waals surface area contributed by atoms with Gasteiger partial charge in [-0.05, 0) is 50.2 Å². The molecule has 0 aromatic heterocycles. The van der Waals surface area contributed by atoms with Crippen LogP contribution in [0.1, 0.15) is 54.4 Å². The van der Waals surface area contributed by atoms with Gasteiger partial charge in [0, 0.05) is 69.4 Å². The summed E-state index contributed by atoms with van der Waals surface area (Å²) in [7, 11) is -3.41. The van der Waals surface area contributed by atoms with Crippen LogP contribution in [0.15, 0.2) is 18.2 Å². The van der Waals surface area contributed by atoms with Crippen LogP contribution in [-0.4, -0.2) is 109 Å². The van der Waals surface area contributed by atoms with Gasteiger partial charge in [0.05, 0.1) is 6.54 Å². The smallest absolute Gasteiger partial charge is 0.281 e. The van der Waals surface area contributed by atoms with Gasteiger partial charge in [-0.3, -0.25) is 24.6 Å². The average Bonchev–Trinajstić information content (AvgIpc) is 3.25. The normalized spacial score (nSPS) is 26.6. The van der Waals surface area contributed by atoms with Crippen LogP contribution in [0.5, 0.6) is 5.75 Å². The second kappa shape index (κ2) is 11.0. The van der Waals surface area contributed by atoms with Crippen LogP contribution in [0.3, 0.4) is 0 Å². The molecule has 1 atom stereocenters. The van der Waals surface area contributed by atoms with Crippen molar-refractivity contribution in [3.8, 4) is 5.75 Å². The summed E-state index contributed by atoms with van der Waals surface area (Å²) < 4.78 is 35.6. The van der Waals surface area contributed by atoms with Crippen molar-refractivity contribution in [3.05, 3.63) is 29.3 Å². The summed E-state index contributed by atoms with van der Waals surface area (Å²) >= 11 is 0. The Kier molecular flexibility index (Phi) is 7.59. The Morgan fingerprint density at radius 2 is 1.62 bits per heavy atom. The Bertz CT molecular complexity index is 1270. The standard InChI is InChI=1S/C27H38N6O6S/c28-19-8-12-32(13-9-19)40(37,38)31-10-6-18(7-11-31)14-30-15-20(16-30)39-24-3-1-2-21-22(24)17-33(27(21)36)23-4-5-25(34)29-26(23)35/h1-3,18-20,23H,4-17,28H2,(H,29,34,35). The zero-order chi connectivity index (χ0) is 28.0. The Morgan fingerprint density at radius 1 is 0.950 bits per heavy atom. The topological polar surface area (TPSA) is 146 Å². The maximum atomic E-state index is 13.1. The number of nitrogens with one attached hydrogen (secondary N) is 1. The lowest BCUT2D eigenvalue weighted by atomic mass is 9.96. The third-order valence-corrected chi connectivity index (χ3v) is 11.0. The highest BCUT2D eigenvalue weighted by Gasteiger charge is 2.41. The molecule has 5 aliphatic heterocycles. The van der Waals surface area contributed by atoms with Crippen LogP contribution in [0.2, 0.25) is 0 Å². The zero-order valence-electron chi connectivity index (χ0n) is 22.7. The van der Waals surface area contributed by atoms with Crippen LogP contribution in [-0.2, 0) is 26.3 Å². The summed E-state index contributed by atoms with van der Waals surface area (Å²) in [6.07, 6.45) is 3.69. The van der Waals surface area contributed by atoms with E-state index in [1.54, 1.807) is 25.6 Å². The van der Waals surface area contributed by atoms with Gasteiger partial charge in [-0.2, -0.15) is 17.0 Å². The minimum atomic E-state index is -3.41. The quantitative estimate of drug-likeness (QED) is 0.429. The molecular weight excluding hydrogens is 536 g/mol. The van der Waals surface area contributed by atoms with E-state index in [-0.39, 0.29) is 30.4 Å². The second-order valence-electron chi connectivity index (χ2n) is 11.7. The van der Waals surface area contributed by atoms with Gasteiger partial charge in [0.2, 0.25) is 11.8 Å². The lowest BCUT2D eigenvalue weighted by molar-refractivity contribution is -0.136. The maximum Gasteiger partial charge on any atom is 0.281 e. The highest BCUT2D eigenvalue weighted by molar-refractivity contribution is 7.86. The van der Waals surface area contributed by atoms with E-state index < -0.39 is 22.2 Å². The molecule has 0 saturated carbocycles. The number of amides is 3. The first kappa shape index (κ1) is 27.6. The van der Waals surface area contributed by atoms with Crippen molar-refractivity contribution in [2.45, 2.75) is 63.3 Å². The van der Waals surface area contributed by atoms with Crippen molar-refractivity contribution in [2.75, 3.05) is 45.8 Å². The van der Waals surface area contributed by atoms with Crippen molar-refractivity contribution in [2.24, 2.45) is 11.7 Å². The number of imide groups is 1. The molecule has 4 fully saturated rings. The molecule has 13 heteroatoms. The number of hydrogen-bond donors (Lipinski definition) is 2. The number of fused-ring (bicyclic) bond motifs is 1. The average molecular weight is 575 g/mol. The number of benzene rings is 1. The molecule has 3 amide bonds. The Labute approximate surface area is 234 Å². The van der Waals surface area contributed by atoms with Crippen molar-refractivity contribution in [1.29, 1.82) is 0 Å². The van der Waals surface area contributed by atoms with Gasteiger partial charge in [-0.1, -0.05) is 6.07 Å². The number of piperidine rings is 3. The van der Waals surface area contributed by atoms with Crippen LogP contribution in [0.25, 0.3) is 0 Å². The van der Waals surface area contributed by atoms with Gasteiger partial charge < -0.3 is 15.4 Å². The minimum Gasteiger partial charge on any atom is -0.487 e. The Morgan fingerprint density at radius 3 is 2.30 bits per heavy atom. The lowest BCUT2D eigenvalue weighted by Gasteiger charge is -2.43. The summed E-state index contributed by atoms with van der Waals surface area (Å²) in [6, 6.07) is 4.88. The van der Waals surface area contributed by atoms with Crippen molar-refractivity contribution >= 4 is 27.9 Å². The van der Waals surface area contributed by atoms with E-state index in [1.165, 1.54) is 0 Å². The fourth-order valence-corrected chi connectivity index (χ4v) is 8.22. The number of rotatable bonds is 7. The van der Waals surface area contributed by atoms with E-state index in [0.717, 1.165) is 38.0 Å². The number of nitrogens with two attached hydrogens (primary N) is 1. The lowest BCUT2D eigenvalue weighted by Crippen LogP contribution is -2.56. The van der Waals surface area contributed by atoms with Crippen molar-refractivity contribution < 1.29 is 27.5 Å². The van der Waals surface area contributed by atoms with Gasteiger partial charge in [0.1, 0.15) is 17.9 Å². The largest absolute Gasteiger partial charge is 0.487 e. The number of carbonyl (C=O) groups excluding carboxylic acids is 3. The molecule has 3 N–H and O–H groups in total. The Hall–Kier alpha value is -2.58. The molecular formula is C27H38N6O6S. The van der Waals surface area contributed by atoms with Crippen LogP contribution >= 0.6 is 0 Å². The summed E-state index contributed by atoms with van der Waals surface area (Å²) in [5, 5.41) is 2.34. The van der Waals surface area contributed by atoms with E-state index in [1.807, 2.05) is 6.07 Å². The van der Waals surface area contributed by atoms with Gasteiger partial charge in [0.15, 0.2) is 0 Å². The van der Waals surface area contributed by atoms with Gasteiger partial charge in [-0.25, -0.2) is 0 Å². The van der Waals surface area contributed by atoms with Crippen LogP contribution in [0.4, 0.5) is 0 Å². The summed E-state index contributed by atoms with van der Waals surface area (Å²) in [5.41, 5.74) is 7.28. The molecule has 0 bridgehead atoms. The SMILES string of the molecule is NC1CCN(S(=O)(=O)N2CCC(CN3CC(Oc4cccc5c4CN(C4CCC(=O)NC4=O)C5=O)C3)CC2)CC1. The van der Waals surface area contributed by atoms with Gasteiger partial charge in [0.25, 0.3) is 16.1 Å². The maximum absolute atomic E-state index is 13.1. The van der Waals surface area contributed by atoms with E-state index in [4.69, 9.17) is 10.5 Å². The molecule has 6 rings (SSSR count). The predicted octanol–water partition coefficient (Wildman–Crippen LogP) is -0.109. The number of hydrogen-bond acceptors (Lipinski definition) is 8. The van der Waals surface area contributed by atoms with Crippen molar-refractivity contribution in [1.82, 2.24) is 23.7 Å². The first-order valence-corrected chi connectivity index (χ1v) is 15.7. The third-order valence-electron chi connectivity index (χ3n) is 9.00. The molecule has 5 heterocycles. The molecule has 12 nitrogen and oxygen atoms in total. The molecule has 5 aliphatic rings.